The summed E-state index contributed by atoms with van der Waals surface area (Å²) in [5.41, 5.74) is 2.01. The summed E-state index contributed by atoms with van der Waals surface area (Å²) < 4.78 is 0. The zero-order valence-electron chi connectivity index (χ0n) is 8.38. The van der Waals surface area contributed by atoms with Gasteiger partial charge in [0.1, 0.15) is 5.75 Å². The van der Waals surface area contributed by atoms with Crippen molar-refractivity contribution < 1.29 is 5.11 Å². The molecule has 0 spiro atoms. The van der Waals surface area contributed by atoms with E-state index in [1.165, 1.54) is 6.42 Å². The predicted octanol–water partition coefficient (Wildman–Crippen LogP) is 1.47. The van der Waals surface area contributed by atoms with E-state index >= 15 is 0 Å². The van der Waals surface area contributed by atoms with Crippen molar-refractivity contribution in [3.8, 4) is 5.75 Å². The summed E-state index contributed by atoms with van der Waals surface area (Å²) in [7, 11) is 0. The quantitative estimate of drug-likeness (QED) is 0.622. The maximum Gasteiger partial charge on any atom is 0.118 e. The van der Waals surface area contributed by atoms with Crippen LogP contribution in [0.5, 0.6) is 5.75 Å². The SMILES string of the molecule is Cc1cc(NC2CCNC2)ccc1O. The fourth-order valence-corrected chi connectivity index (χ4v) is 1.76. The molecule has 1 aliphatic rings. The van der Waals surface area contributed by atoms with Gasteiger partial charge in [0.2, 0.25) is 0 Å². The lowest BCUT2D eigenvalue weighted by Crippen LogP contribution is -2.21. The fraction of sp³-hybridized carbons (Fsp3) is 0.455. The lowest BCUT2D eigenvalue weighted by molar-refractivity contribution is 0.471. The molecule has 3 heteroatoms. The first-order valence-electron chi connectivity index (χ1n) is 5.02. The van der Waals surface area contributed by atoms with Crippen molar-refractivity contribution in [3.05, 3.63) is 23.8 Å². The van der Waals surface area contributed by atoms with E-state index in [0.717, 1.165) is 24.3 Å². The van der Waals surface area contributed by atoms with Crippen LogP contribution in [-0.4, -0.2) is 24.2 Å². The van der Waals surface area contributed by atoms with E-state index in [1.807, 2.05) is 19.1 Å². The van der Waals surface area contributed by atoms with Gasteiger partial charge in [-0.3, -0.25) is 0 Å². The molecule has 1 aromatic carbocycles. The van der Waals surface area contributed by atoms with Crippen molar-refractivity contribution in [2.24, 2.45) is 0 Å². The molecule has 1 aliphatic heterocycles. The number of phenols is 1. The summed E-state index contributed by atoms with van der Waals surface area (Å²) in [5, 5.41) is 16.1. The molecule has 1 aromatic rings. The third-order valence-electron chi connectivity index (χ3n) is 2.63. The van der Waals surface area contributed by atoms with Gasteiger partial charge in [0.15, 0.2) is 0 Å². The number of nitrogens with one attached hydrogen (secondary N) is 2. The van der Waals surface area contributed by atoms with Crippen molar-refractivity contribution >= 4 is 5.69 Å². The highest BCUT2D eigenvalue weighted by Crippen LogP contribution is 2.21. The van der Waals surface area contributed by atoms with E-state index < -0.39 is 0 Å². The van der Waals surface area contributed by atoms with Crippen LogP contribution in [0.25, 0.3) is 0 Å². The van der Waals surface area contributed by atoms with Gasteiger partial charge in [-0.1, -0.05) is 0 Å². The standard InChI is InChI=1S/C11H16N2O/c1-8-6-9(2-3-11(8)14)13-10-4-5-12-7-10/h2-3,6,10,12-14H,4-5,7H2,1H3. The summed E-state index contributed by atoms with van der Waals surface area (Å²) in [6, 6.07) is 6.16. The third kappa shape index (κ3) is 1.99. The normalized spacial score (nSPS) is 21.1. The van der Waals surface area contributed by atoms with Crippen molar-refractivity contribution in [2.45, 2.75) is 19.4 Å². The largest absolute Gasteiger partial charge is 0.508 e. The average molecular weight is 192 g/mol. The first-order chi connectivity index (χ1) is 6.75. The Morgan fingerprint density at radius 2 is 2.36 bits per heavy atom. The molecular weight excluding hydrogens is 176 g/mol. The van der Waals surface area contributed by atoms with Crippen LogP contribution < -0.4 is 10.6 Å². The zero-order chi connectivity index (χ0) is 9.97. The molecule has 2 rings (SSSR count). The molecule has 3 nitrogen and oxygen atoms in total. The van der Waals surface area contributed by atoms with Gasteiger partial charge in [-0.05, 0) is 43.7 Å². The summed E-state index contributed by atoms with van der Waals surface area (Å²) in [5.74, 6) is 0.361. The maximum absolute atomic E-state index is 9.36. The summed E-state index contributed by atoms with van der Waals surface area (Å²) in [4.78, 5) is 0. The topological polar surface area (TPSA) is 44.3 Å². The van der Waals surface area contributed by atoms with Crippen LogP contribution in [0.1, 0.15) is 12.0 Å². The van der Waals surface area contributed by atoms with Crippen LogP contribution in [-0.2, 0) is 0 Å². The highest BCUT2D eigenvalue weighted by Gasteiger charge is 2.13. The van der Waals surface area contributed by atoms with Gasteiger partial charge >= 0.3 is 0 Å². The van der Waals surface area contributed by atoms with Crippen LogP contribution in [0.15, 0.2) is 18.2 Å². The number of phenolic OH excluding ortho intramolecular Hbond substituents is 1. The van der Waals surface area contributed by atoms with Crippen molar-refractivity contribution in [1.82, 2.24) is 5.32 Å². The molecule has 1 heterocycles. The lowest BCUT2D eigenvalue weighted by Gasteiger charge is -2.13. The Kier molecular flexibility index (Phi) is 2.59. The second-order valence-electron chi connectivity index (χ2n) is 3.84. The highest BCUT2D eigenvalue weighted by molar-refractivity contribution is 5.51. The van der Waals surface area contributed by atoms with Crippen LogP contribution in [0, 0.1) is 6.92 Å². The predicted molar refractivity (Wildman–Crippen MR) is 57.7 cm³/mol. The van der Waals surface area contributed by atoms with E-state index in [4.69, 9.17) is 0 Å². The number of aromatic hydroxyl groups is 1. The molecule has 0 radical (unpaired) electrons. The molecule has 0 saturated carbocycles. The molecule has 1 saturated heterocycles. The number of benzene rings is 1. The van der Waals surface area contributed by atoms with Crippen molar-refractivity contribution in [3.63, 3.8) is 0 Å². The van der Waals surface area contributed by atoms with Crippen LogP contribution in [0.3, 0.4) is 0 Å². The summed E-state index contributed by atoms with van der Waals surface area (Å²) in [6.45, 7) is 4.03. The molecule has 0 amide bonds. The number of hydrogen-bond acceptors (Lipinski definition) is 3. The van der Waals surface area contributed by atoms with Gasteiger partial charge in [0, 0.05) is 18.3 Å². The minimum atomic E-state index is 0.361. The molecule has 0 bridgehead atoms. The third-order valence-corrected chi connectivity index (χ3v) is 2.63. The minimum Gasteiger partial charge on any atom is -0.508 e. The van der Waals surface area contributed by atoms with Crippen LogP contribution in [0.2, 0.25) is 0 Å². The Hall–Kier alpha value is -1.22. The zero-order valence-corrected chi connectivity index (χ0v) is 8.38. The van der Waals surface area contributed by atoms with Crippen LogP contribution in [0.4, 0.5) is 5.69 Å². The Bertz CT molecular complexity index is 319. The second kappa shape index (κ2) is 3.88. The minimum absolute atomic E-state index is 0.361. The van der Waals surface area contributed by atoms with E-state index in [9.17, 15) is 5.11 Å². The molecule has 3 N–H and O–H groups in total. The smallest absolute Gasteiger partial charge is 0.118 e. The molecule has 14 heavy (non-hydrogen) atoms. The maximum atomic E-state index is 9.36. The van der Waals surface area contributed by atoms with Crippen molar-refractivity contribution in [1.29, 1.82) is 0 Å². The number of rotatable bonds is 2. The molecule has 1 fully saturated rings. The number of anilines is 1. The molecule has 1 unspecified atom stereocenters. The molecule has 0 aliphatic carbocycles. The molecule has 0 aromatic heterocycles. The Labute approximate surface area is 84.1 Å². The molecular formula is C11H16N2O. The highest BCUT2D eigenvalue weighted by atomic mass is 16.3. The summed E-state index contributed by atoms with van der Waals surface area (Å²) >= 11 is 0. The van der Waals surface area contributed by atoms with E-state index in [0.29, 0.717) is 11.8 Å². The summed E-state index contributed by atoms with van der Waals surface area (Å²) in [6.07, 6.45) is 1.17. The second-order valence-corrected chi connectivity index (χ2v) is 3.84. The molecule has 1 atom stereocenters. The van der Waals surface area contributed by atoms with Gasteiger partial charge in [0.25, 0.3) is 0 Å². The monoisotopic (exact) mass is 192 g/mol. The van der Waals surface area contributed by atoms with E-state index in [2.05, 4.69) is 10.6 Å². The lowest BCUT2D eigenvalue weighted by atomic mass is 10.2. The van der Waals surface area contributed by atoms with E-state index in [1.54, 1.807) is 6.07 Å². The Morgan fingerprint density at radius 3 is 3.00 bits per heavy atom. The van der Waals surface area contributed by atoms with Gasteiger partial charge < -0.3 is 15.7 Å². The van der Waals surface area contributed by atoms with Gasteiger partial charge in [-0.25, -0.2) is 0 Å². The number of hydrogen-bond donors (Lipinski definition) is 3. The van der Waals surface area contributed by atoms with Crippen LogP contribution >= 0.6 is 0 Å². The Balaban J connectivity index is 2.05. The Morgan fingerprint density at radius 1 is 1.50 bits per heavy atom. The first-order valence-corrected chi connectivity index (χ1v) is 5.02. The fourth-order valence-electron chi connectivity index (χ4n) is 1.76. The van der Waals surface area contributed by atoms with E-state index in [-0.39, 0.29) is 0 Å². The first kappa shape index (κ1) is 9.34. The number of aryl methyl sites for hydroxylation is 1. The average Bonchev–Trinajstić information content (AvgIpc) is 2.64. The van der Waals surface area contributed by atoms with Gasteiger partial charge in [-0.15, -0.1) is 0 Å². The van der Waals surface area contributed by atoms with Crippen molar-refractivity contribution in [2.75, 3.05) is 18.4 Å². The van der Waals surface area contributed by atoms with Gasteiger partial charge in [-0.2, -0.15) is 0 Å². The molecule has 76 valence electrons. The van der Waals surface area contributed by atoms with Gasteiger partial charge in [0.05, 0.1) is 0 Å².